The van der Waals surface area contributed by atoms with E-state index in [9.17, 15) is 0 Å². The molecule has 1 aliphatic rings. The second-order valence-corrected chi connectivity index (χ2v) is 6.94. The van der Waals surface area contributed by atoms with Gasteiger partial charge in [0.1, 0.15) is 0 Å². The second-order valence-electron chi connectivity index (χ2n) is 6.94. The highest BCUT2D eigenvalue weighted by Crippen LogP contribution is 2.24. The van der Waals surface area contributed by atoms with Crippen molar-refractivity contribution in [2.75, 3.05) is 0 Å². The highest BCUT2D eigenvalue weighted by atomic mass is 15.4. The molecule has 6 heteroatoms. The third-order valence-electron chi connectivity index (χ3n) is 5.57. The fraction of sp³-hybridized carbons (Fsp3) is 0.500. The first-order valence-corrected chi connectivity index (χ1v) is 8.45. The van der Waals surface area contributed by atoms with Gasteiger partial charge in [-0.05, 0) is 58.2 Å². The van der Waals surface area contributed by atoms with Crippen LogP contribution in [0.25, 0.3) is 0 Å². The van der Waals surface area contributed by atoms with E-state index in [4.69, 9.17) is 15.3 Å². The van der Waals surface area contributed by atoms with Gasteiger partial charge in [0.25, 0.3) is 0 Å². The van der Waals surface area contributed by atoms with Gasteiger partial charge in [0.05, 0.1) is 53.8 Å². The first-order valence-electron chi connectivity index (χ1n) is 8.45. The van der Waals surface area contributed by atoms with Gasteiger partial charge in [0, 0.05) is 0 Å². The maximum Gasteiger partial charge on any atom is 0.0835 e. The minimum Gasteiger partial charge on any atom is -0.261 e. The van der Waals surface area contributed by atoms with E-state index in [2.05, 4.69) is 55.6 Å². The van der Waals surface area contributed by atoms with E-state index in [1.807, 2.05) is 0 Å². The van der Waals surface area contributed by atoms with Gasteiger partial charge in [-0.3, -0.25) is 14.0 Å². The maximum absolute atomic E-state index is 4.78. The van der Waals surface area contributed by atoms with Crippen LogP contribution < -0.4 is 0 Å². The molecule has 4 rings (SSSR count). The summed E-state index contributed by atoms with van der Waals surface area (Å²) in [7, 11) is 0. The molecule has 126 valence electrons. The van der Waals surface area contributed by atoms with Crippen LogP contribution in [-0.2, 0) is 19.6 Å². The van der Waals surface area contributed by atoms with Crippen molar-refractivity contribution in [3.63, 3.8) is 0 Å². The fourth-order valence-corrected chi connectivity index (χ4v) is 3.58. The molecule has 4 heterocycles. The minimum atomic E-state index is 0.763. The summed E-state index contributed by atoms with van der Waals surface area (Å²) in [6, 6.07) is 0. The normalized spacial score (nSPS) is 13.8. The molecule has 0 aliphatic carbocycles. The Morgan fingerprint density at radius 1 is 0.500 bits per heavy atom. The van der Waals surface area contributed by atoms with Crippen molar-refractivity contribution < 1.29 is 0 Å². The standard InChI is InChI=1S/C18H24N6/c1-10-13(4)19-22-8-17-11(2)15(6)21-24(17)9-18-12(3)14(5)20-23(18)7-16(10)22/h7-9H2,1-6H3. The van der Waals surface area contributed by atoms with Gasteiger partial charge in [-0.15, -0.1) is 0 Å². The fourth-order valence-electron chi connectivity index (χ4n) is 3.58. The Morgan fingerprint density at radius 3 is 1.00 bits per heavy atom. The van der Waals surface area contributed by atoms with Gasteiger partial charge >= 0.3 is 0 Å². The molecular weight excluding hydrogens is 300 g/mol. The van der Waals surface area contributed by atoms with Crippen LogP contribution >= 0.6 is 0 Å². The lowest BCUT2D eigenvalue weighted by atomic mass is 10.2. The van der Waals surface area contributed by atoms with Gasteiger partial charge < -0.3 is 0 Å². The van der Waals surface area contributed by atoms with E-state index < -0.39 is 0 Å². The molecule has 0 spiro atoms. The molecule has 24 heavy (non-hydrogen) atoms. The van der Waals surface area contributed by atoms with Gasteiger partial charge in [0.15, 0.2) is 0 Å². The number of aromatic nitrogens is 6. The molecule has 0 atom stereocenters. The predicted molar refractivity (Wildman–Crippen MR) is 92.4 cm³/mol. The Bertz CT molecular complexity index is 829. The molecule has 6 nitrogen and oxygen atoms in total. The lowest BCUT2D eigenvalue weighted by Crippen LogP contribution is -2.12. The van der Waals surface area contributed by atoms with Gasteiger partial charge in [0.2, 0.25) is 0 Å². The van der Waals surface area contributed by atoms with Crippen LogP contribution in [0.3, 0.4) is 0 Å². The Morgan fingerprint density at radius 2 is 0.750 bits per heavy atom. The average molecular weight is 324 g/mol. The summed E-state index contributed by atoms with van der Waals surface area (Å²) in [5, 5.41) is 14.3. The zero-order valence-corrected chi connectivity index (χ0v) is 15.3. The number of hydrogen-bond donors (Lipinski definition) is 0. The Balaban J connectivity index is 2.01. The number of fused-ring (bicyclic) bond motifs is 3. The summed E-state index contributed by atoms with van der Waals surface area (Å²) in [5.41, 5.74) is 10.8. The van der Waals surface area contributed by atoms with Crippen LogP contribution in [-0.4, -0.2) is 29.3 Å². The van der Waals surface area contributed by atoms with E-state index in [1.54, 1.807) is 0 Å². The number of hydrogen-bond acceptors (Lipinski definition) is 3. The molecule has 3 aromatic rings. The van der Waals surface area contributed by atoms with Crippen molar-refractivity contribution in [3.05, 3.63) is 50.9 Å². The van der Waals surface area contributed by atoms with E-state index in [-0.39, 0.29) is 0 Å². The number of nitrogens with zero attached hydrogens (tertiary/aromatic N) is 6. The summed E-state index contributed by atoms with van der Waals surface area (Å²) >= 11 is 0. The van der Waals surface area contributed by atoms with Crippen LogP contribution in [0.15, 0.2) is 0 Å². The predicted octanol–water partition coefficient (Wildman–Crippen LogP) is 2.58. The van der Waals surface area contributed by atoms with Crippen molar-refractivity contribution in [1.82, 2.24) is 29.3 Å². The molecular formula is C18H24N6. The Kier molecular flexibility index (Phi) is 3.20. The Labute approximate surface area is 142 Å². The first kappa shape index (κ1) is 15.2. The average Bonchev–Trinajstić information content (AvgIpc) is 3.07. The van der Waals surface area contributed by atoms with Gasteiger partial charge in [-0.1, -0.05) is 0 Å². The maximum atomic E-state index is 4.78. The lowest BCUT2D eigenvalue weighted by Gasteiger charge is -2.08. The van der Waals surface area contributed by atoms with Gasteiger partial charge in [-0.25, -0.2) is 0 Å². The highest BCUT2D eigenvalue weighted by molar-refractivity contribution is 5.32. The molecule has 1 aliphatic heterocycles. The van der Waals surface area contributed by atoms with Crippen LogP contribution in [0.1, 0.15) is 50.9 Å². The third kappa shape index (κ3) is 2.05. The number of rotatable bonds is 0. The zero-order valence-electron chi connectivity index (χ0n) is 15.3. The zero-order chi connectivity index (χ0) is 17.2. The van der Waals surface area contributed by atoms with Crippen molar-refractivity contribution in [2.45, 2.75) is 61.2 Å². The Hall–Kier alpha value is -2.37. The smallest absolute Gasteiger partial charge is 0.0835 e. The highest BCUT2D eigenvalue weighted by Gasteiger charge is 2.23. The lowest BCUT2D eigenvalue weighted by molar-refractivity contribution is 0.580. The molecule has 0 radical (unpaired) electrons. The first-order chi connectivity index (χ1) is 11.4. The molecule has 0 amide bonds. The van der Waals surface area contributed by atoms with E-state index in [0.29, 0.717) is 0 Å². The molecule has 0 N–H and O–H groups in total. The molecule has 0 unspecified atom stereocenters. The topological polar surface area (TPSA) is 53.5 Å². The molecule has 0 bridgehead atoms. The van der Waals surface area contributed by atoms with Crippen LogP contribution in [0, 0.1) is 41.5 Å². The van der Waals surface area contributed by atoms with Crippen molar-refractivity contribution >= 4 is 0 Å². The summed E-state index contributed by atoms with van der Waals surface area (Å²) < 4.78 is 6.39. The molecule has 0 saturated carbocycles. The van der Waals surface area contributed by atoms with Crippen molar-refractivity contribution in [3.8, 4) is 0 Å². The molecule has 3 aromatic heterocycles. The summed E-state index contributed by atoms with van der Waals surface area (Å²) in [6.45, 7) is 15.0. The van der Waals surface area contributed by atoms with E-state index in [0.717, 1.165) is 36.7 Å². The molecule has 0 aromatic carbocycles. The van der Waals surface area contributed by atoms with Crippen LogP contribution in [0.2, 0.25) is 0 Å². The quantitative estimate of drug-likeness (QED) is 0.499. The molecule has 0 fully saturated rings. The van der Waals surface area contributed by atoms with Crippen LogP contribution in [0.5, 0.6) is 0 Å². The number of aryl methyl sites for hydroxylation is 3. The van der Waals surface area contributed by atoms with Crippen molar-refractivity contribution in [2.24, 2.45) is 0 Å². The van der Waals surface area contributed by atoms with Crippen molar-refractivity contribution in [1.29, 1.82) is 0 Å². The SMILES string of the molecule is Cc1nn2c(c1C)Cn1nc(C)c(C)c1Cn1nc(C)c(C)c1C2. The van der Waals surface area contributed by atoms with E-state index >= 15 is 0 Å². The minimum absolute atomic E-state index is 0.763. The van der Waals surface area contributed by atoms with Gasteiger partial charge in [-0.2, -0.15) is 15.3 Å². The van der Waals surface area contributed by atoms with Crippen LogP contribution in [0.4, 0.5) is 0 Å². The monoisotopic (exact) mass is 324 g/mol. The third-order valence-corrected chi connectivity index (χ3v) is 5.57. The summed E-state index contributed by atoms with van der Waals surface area (Å²) in [6.07, 6.45) is 0. The summed E-state index contributed by atoms with van der Waals surface area (Å²) in [5.74, 6) is 0. The largest absolute Gasteiger partial charge is 0.261 e. The second kappa shape index (κ2) is 5.06. The molecule has 0 saturated heterocycles. The van der Waals surface area contributed by atoms with E-state index in [1.165, 1.54) is 33.8 Å². The summed E-state index contributed by atoms with van der Waals surface area (Å²) in [4.78, 5) is 0.